The number of nitrogens with zero attached hydrogens (tertiary/aromatic N) is 2. The lowest BCUT2D eigenvalue weighted by molar-refractivity contribution is -0.156. The molecule has 2 aliphatic heterocycles. The molecule has 5 rings (SSSR count). The first-order chi connectivity index (χ1) is 15.2. The molecule has 1 saturated carbocycles. The van der Waals surface area contributed by atoms with Gasteiger partial charge in [0.2, 0.25) is 11.8 Å². The fourth-order valence-corrected chi connectivity index (χ4v) is 5.85. The van der Waals surface area contributed by atoms with Crippen LogP contribution in [0.2, 0.25) is 0 Å². The Morgan fingerprint density at radius 1 is 0.935 bits per heavy atom. The minimum atomic E-state index is -0.188. The first-order valence-corrected chi connectivity index (χ1v) is 11.6. The van der Waals surface area contributed by atoms with Gasteiger partial charge in [-0.05, 0) is 30.0 Å². The Balaban J connectivity index is 1.43. The van der Waals surface area contributed by atoms with Crippen molar-refractivity contribution in [3.63, 3.8) is 0 Å². The molecule has 0 unspecified atom stereocenters. The standard InChI is InChI=1S/C26H30N2O3/c29-17-23-25-20-13-7-8-14-21(20)27(24(30)15-18-9-3-1-4-10-18)16-22(25)28(23)26(31)19-11-5-2-6-12-19/h1,3-4,7-10,13-14,19,22-23,25,29H,2,5-6,11-12,15-17H2/t22-,23-,25+/m1/s1. The summed E-state index contributed by atoms with van der Waals surface area (Å²) in [5, 5.41) is 10.2. The van der Waals surface area contributed by atoms with E-state index in [0.29, 0.717) is 13.0 Å². The summed E-state index contributed by atoms with van der Waals surface area (Å²) in [5.74, 6) is 0.383. The molecule has 5 nitrogen and oxygen atoms in total. The topological polar surface area (TPSA) is 60.9 Å². The van der Waals surface area contributed by atoms with E-state index in [9.17, 15) is 14.7 Å². The summed E-state index contributed by atoms with van der Waals surface area (Å²) in [5.41, 5.74) is 2.99. The van der Waals surface area contributed by atoms with Crippen LogP contribution in [0, 0.1) is 5.92 Å². The highest BCUT2D eigenvalue weighted by molar-refractivity contribution is 5.97. The Bertz CT molecular complexity index is 954. The number of aliphatic hydroxyl groups is 1. The number of likely N-dealkylation sites (tertiary alicyclic amines) is 1. The van der Waals surface area contributed by atoms with E-state index in [0.717, 1.165) is 42.5 Å². The SMILES string of the molecule is O=C(Cc1ccccc1)N1C[C@@H]2[C@H](c3ccccc31)[C@@H](CO)N2C(=O)C1CCCCC1. The minimum Gasteiger partial charge on any atom is -0.394 e. The molecule has 3 atom stereocenters. The maximum absolute atomic E-state index is 13.4. The van der Waals surface area contributed by atoms with Crippen molar-refractivity contribution in [2.24, 2.45) is 5.92 Å². The van der Waals surface area contributed by atoms with Crippen LogP contribution in [0.1, 0.15) is 49.1 Å². The zero-order valence-electron chi connectivity index (χ0n) is 17.8. The van der Waals surface area contributed by atoms with Gasteiger partial charge in [-0.1, -0.05) is 67.8 Å². The zero-order chi connectivity index (χ0) is 21.4. The molecule has 2 heterocycles. The van der Waals surface area contributed by atoms with Crippen molar-refractivity contribution < 1.29 is 14.7 Å². The Labute approximate surface area is 183 Å². The maximum Gasteiger partial charge on any atom is 0.231 e. The van der Waals surface area contributed by atoms with E-state index in [1.807, 2.05) is 58.3 Å². The van der Waals surface area contributed by atoms with Crippen molar-refractivity contribution in [3.05, 3.63) is 65.7 Å². The van der Waals surface area contributed by atoms with E-state index >= 15 is 0 Å². The fourth-order valence-electron chi connectivity index (χ4n) is 5.85. The Morgan fingerprint density at radius 3 is 2.39 bits per heavy atom. The number of rotatable bonds is 4. The molecule has 2 fully saturated rings. The number of anilines is 1. The summed E-state index contributed by atoms with van der Waals surface area (Å²) in [6.45, 7) is 0.466. The number of carbonyl (C=O) groups excluding carboxylic acids is 2. The van der Waals surface area contributed by atoms with Gasteiger partial charge in [-0.3, -0.25) is 9.59 Å². The summed E-state index contributed by atoms with van der Waals surface area (Å²) in [7, 11) is 0. The number of hydrogen-bond donors (Lipinski definition) is 1. The molecule has 2 aromatic carbocycles. The number of aliphatic hydroxyl groups excluding tert-OH is 1. The second kappa shape index (κ2) is 8.46. The lowest BCUT2D eigenvalue weighted by Gasteiger charge is -2.59. The predicted molar refractivity (Wildman–Crippen MR) is 120 cm³/mol. The lowest BCUT2D eigenvalue weighted by Crippen LogP contribution is -2.71. The first kappa shape index (κ1) is 20.3. The Kier molecular flexibility index (Phi) is 5.53. The summed E-state index contributed by atoms with van der Waals surface area (Å²) in [6, 6.07) is 17.5. The van der Waals surface area contributed by atoms with Crippen molar-refractivity contribution >= 4 is 17.5 Å². The van der Waals surface area contributed by atoms with Crippen molar-refractivity contribution in [1.29, 1.82) is 0 Å². The molecule has 1 saturated heterocycles. The van der Waals surface area contributed by atoms with Gasteiger partial charge in [0.05, 0.1) is 25.1 Å². The smallest absolute Gasteiger partial charge is 0.231 e. The lowest BCUT2D eigenvalue weighted by atomic mass is 9.70. The maximum atomic E-state index is 13.4. The first-order valence-electron chi connectivity index (χ1n) is 11.6. The highest BCUT2D eigenvalue weighted by Gasteiger charge is 2.55. The van der Waals surface area contributed by atoms with Gasteiger partial charge in [0, 0.05) is 24.1 Å². The number of hydrogen-bond acceptors (Lipinski definition) is 3. The molecule has 3 aliphatic rings. The van der Waals surface area contributed by atoms with Gasteiger partial charge in [-0.2, -0.15) is 0 Å². The van der Waals surface area contributed by atoms with Gasteiger partial charge in [-0.15, -0.1) is 0 Å². The molecule has 162 valence electrons. The molecule has 0 aromatic heterocycles. The number of para-hydroxylation sites is 1. The molecule has 1 N–H and O–H groups in total. The van der Waals surface area contributed by atoms with Crippen LogP contribution in [0.4, 0.5) is 5.69 Å². The number of carbonyl (C=O) groups is 2. The normalized spacial score (nSPS) is 25.4. The third-order valence-corrected chi connectivity index (χ3v) is 7.40. The molecule has 31 heavy (non-hydrogen) atoms. The van der Waals surface area contributed by atoms with Crippen molar-refractivity contribution in [2.75, 3.05) is 18.1 Å². The molecule has 0 radical (unpaired) electrons. The number of amides is 2. The van der Waals surface area contributed by atoms with E-state index in [2.05, 4.69) is 6.07 Å². The number of benzene rings is 2. The van der Waals surface area contributed by atoms with Gasteiger partial charge in [0.15, 0.2) is 0 Å². The molecule has 5 heteroatoms. The Hall–Kier alpha value is -2.66. The molecule has 0 bridgehead atoms. The van der Waals surface area contributed by atoms with Crippen molar-refractivity contribution in [2.45, 2.75) is 56.5 Å². The monoisotopic (exact) mass is 418 g/mol. The quantitative estimate of drug-likeness (QED) is 0.827. The van der Waals surface area contributed by atoms with E-state index in [1.165, 1.54) is 6.42 Å². The van der Waals surface area contributed by atoms with Gasteiger partial charge >= 0.3 is 0 Å². The second-order valence-corrected chi connectivity index (χ2v) is 9.15. The van der Waals surface area contributed by atoms with Gasteiger partial charge < -0.3 is 14.9 Å². The van der Waals surface area contributed by atoms with E-state index in [-0.39, 0.29) is 42.3 Å². The highest BCUT2D eigenvalue weighted by Crippen LogP contribution is 2.49. The van der Waals surface area contributed by atoms with Crippen LogP contribution in [0.15, 0.2) is 54.6 Å². The third-order valence-electron chi connectivity index (χ3n) is 7.40. The van der Waals surface area contributed by atoms with Gasteiger partial charge in [0.25, 0.3) is 0 Å². The molecule has 2 amide bonds. The Morgan fingerprint density at radius 2 is 1.65 bits per heavy atom. The molecular weight excluding hydrogens is 388 g/mol. The largest absolute Gasteiger partial charge is 0.394 e. The van der Waals surface area contributed by atoms with Crippen LogP contribution in [0.25, 0.3) is 0 Å². The van der Waals surface area contributed by atoms with Crippen LogP contribution < -0.4 is 4.90 Å². The van der Waals surface area contributed by atoms with Crippen molar-refractivity contribution in [3.8, 4) is 0 Å². The molecule has 1 aliphatic carbocycles. The van der Waals surface area contributed by atoms with E-state index in [4.69, 9.17) is 0 Å². The van der Waals surface area contributed by atoms with Crippen molar-refractivity contribution in [1.82, 2.24) is 4.90 Å². The van der Waals surface area contributed by atoms with Gasteiger partial charge in [-0.25, -0.2) is 0 Å². The van der Waals surface area contributed by atoms with Crippen LogP contribution in [-0.4, -0.2) is 47.1 Å². The summed E-state index contributed by atoms with van der Waals surface area (Å²) >= 11 is 0. The third kappa shape index (κ3) is 3.55. The zero-order valence-corrected chi connectivity index (χ0v) is 17.8. The average Bonchev–Trinajstić information content (AvgIpc) is 2.80. The predicted octanol–water partition coefficient (Wildman–Crippen LogP) is 3.51. The summed E-state index contributed by atoms with van der Waals surface area (Å²) < 4.78 is 0. The highest BCUT2D eigenvalue weighted by atomic mass is 16.3. The van der Waals surface area contributed by atoms with E-state index in [1.54, 1.807) is 0 Å². The van der Waals surface area contributed by atoms with Crippen LogP contribution in [0.3, 0.4) is 0 Å². The second-order valence-electron chi connectivity index (χ2n) is 9.15. The van der Waals surface area contributed by atoms with E-state index < -0.39 is 0 Å². The van der Waals surface area contributed by atoms with Crippen LogP contribution >= 0.6 is 0 Å². The number of fused-ring (bicyclic) bond motifs is 3. The summed E-state index contributed by atoms with van der Waals surface area (Å²) in [6.07, 6.45) is 5.64. The molecule has 2 aromatic rings. The minimum absolute atomic E-state index is 0.0358. The fraction of sp³-hybridized carbons (Fsp3) is 0.462. The molecule has 0 spiro atoms. The van der Waals surface area contributed by atoms with Crippen LogP contribution in [0.5, 0.6) is 0 Å². The van der Waals surface area contributed by atoms with Gasteiger partial charge in [0.1, 0.15) is 0 Å². The average molecular weight is 419 g/mol. The van der Waals surface area contributed by atoms with Crippen LogP contribution in [-0.2, 0) is 16.0 Å². The molecular formula is C26H30N2O3. The summed E-state index contributed by atoms with van der Waals surface area (Å²) in [4.78, 5) is 30.5.